The quantitative estimate of drug-likeness (QED) is 0.591. The van der Waals surface area contributed by atoms with Crippen molar-refractivity contribution in [3.8, 4) is 12.1 Å². The lowest BCUT2D eigenvalue weighted by Gasteiger charge is -2.39. The molecule has 148 valence electrons. The lowest BCUT2D eigenvalue weighted by Crippen LogP contribution is -2.38. The van der Waals surface area contributed by atoms with E-state index in [9.17, 15) is 25.4 Å². The molecule has 0 unspecified atom stereocenters. The predicted molar refractivity (Wildman–Crippen MR) is 110 cm³/mol. The van der Waals surface area contributed by atoms with Gasteiger partial charge in [0.2, 0.25) is 0 Å². The summed E-state index contributed by atoms with van der Waals surface area (Å²) < 4.78 is 0. The summed E-state index contributed by atoms with van der Waals surface area (Å²) in [4.78, 5) is 25.8. The molecule has 1 aliphatic heterocycles. The number of thiophene rings is 1. The molecule has 0 saturated heterocycles. The number of para-hydroxylation sites is 1. The summed E-state index contributed by atoms with van der Waals surface area (Å²) in [6.45, 7) is 0. The second-order valence-corrected chi connectivity index (χ2v) is 7.97. The van der Waals surface area contributed by atoms with E-state index in [4.69, 9.17) is 5.73 Å². The summed E-state index contributed by atoms with van der Waals surface area (Å²) in [5, 5.41) is 30.6. The minimum Gasteiger partial charge on any atom is -0.384 e. The van der Waals surface area contributed by atoms with E-state index < -0.39 is 10.8 Å². The number of allylic oxidation sites excluding steroid dienone is 3. The first kappa shape index (κ1) is 19.4. The number of nitrogens with two attached hydrogens (primary N) is 1. The van der Waals surface area contributed by atoms with Crippen molar-refractivity contribution >= 4 is 27.8 Å². The number of nitriles is 2. The molecule has 0 saturated carbocycles. The third kappa shape index (κ3) is 2.93. The minimum atomic E-state index is -0.748. The lowest BCUT2D eigenvalue weighted by molar-refractivity contribution is -0.380. The van der Waals surface area contributed by atoms with Crippen molar-refractivity contribution in [3.63, 3.8) is 0 Å². The number of carbonyl (C=O) groups excluding carboxylic acids is 1. The molecule has 30 heavy (non-hydrogen) atoms. The van der Waals surface area contributed by atoms with Gasteiger partial charge in [-0.15, -0.1) is 0 Å². The third-order valence-electron chi connectivity index (χ3n) is 5.26. The number of nitrogens with zero attached hydrogens (tertiary/aromatic N) is 4. The molecule has 1 aliphatic carbocycles. The van der Waals surface area contributed by atoms with Crippen molar-refractivity contribution in [2.45, 2.75) is 25.2 Å². The Morgan fingerprint density at radius 2 is 1.93 bits per heavy atom. The van der Waals surface area contributed by atoms with Gasteiger partial charge in [0.05, 0.1) is 33.7 Å². The van der Waals surface area contributed by atoms with Gasteiger partial charge in [-0.2, -0.15) is 10.5 Å². The number of hydrogen-bond acceptors (Lipinski definition) is 8. The number of carbonyl (C=O) groups is 1. The van der Waals surface area contributed by atoms with Crippen molar-refractivity contribution in [1.82, 2.24) is 0 Å². The topological polar surface area (TPSA) is 137 Å². The van der Waals surface area contributed by atoms with Crippen LogP contribution in [0.1, 0.15) is 35.6 Å². The number of Topliss-reactive ketones (excluding diaryl/α,β-unsaturated/α-hetero) is 1. The molecule has 9 heteroatoms. The summed E-state index contributed by atoms with van der Waals surface area (Å²) in [5.41, 5.74) is 8.53. The molecule has 0 amide bonds. The largest absolute Gasteiger partial charge is 0.384 e. The standard InChI is InChI=1S/C21H15N5O3S/c22-10-12-4-1-2-5-14(12)25-15-6-3-7-16(27)20(15)19(13(11-23)21(25)24)17-8-9-18(30-17)26(28)29/h1-2,4-5,8-9,19H,3,6-7,24H2/t19-/m1/s1. The van der Waals surface area contributed by atoms with Crippen LogP contribution < -0.4 is 10.6 Å². The Labute approximate surface area is 175 Å². The molecule has 0 bridgehead atoms. The van der Waals surface area contributed by atoms with Gasteiger partial charge in [-0.05, 0) is 31.0 Å². The maximum absolute atomic E-state index is 13.0. The van der Waals surface area contributed by atoms with Crippen LogP contribution in [0.5, 0.6) is 0 Å². The monoisotopic (exact) mass is 417 g/mol. The highest BCUT2D eigenvalue weighted by Crippen LogP contribution is 2.48. The van der Waals surface area contributed by atoms with Gasteiger partial charge in [-0.3, -0.25) is 19.8 Å². The van der Waals surface area contributed by atoms with Gasteiger partial charge in [-0.1, -0.05) is 23.5 Å². The number of benzene rings is 1. The van der Waals surface area contributed by atoms with E-state index in [1.54, 1.807) is 35.2 Å². The van der Waals surface area contributed by atoms with Crippen molar-refractivity contribution in [3.05, 3.63) is 79.6 Å². The van der Waals surface area contributed by atoms with Crippen LogP contribution in [0.3, 0.4) is 0 Å². The molecule has 2 aromatic rings. The van der Waals surface area contributed by atoms with Crippen LogP contribution in [-0.4, -0.2) is 10.7 Å². The van der Waals surface area contributed by atoms with E-state index in [0.717, 1.165) is 11.3 Å². The Kier molecular flexibility index (Phi) is 4.82. The van der Waals surface area contributed by atoms with E-state index in [1.807, 2.05) is 0 Å². The Morgan fingerprint density at radius 3 is 2.60 bits per heavy atom. The normalized spacial score (nSPS) is 18.7. The van der Waals surface area contributed by atoms with E-state index in [1.165, 1.54) is 6.07 Å². The number of rotatable bonds is 3. The average Bonchev–Trinajstić information content (AvgIpc) is 3.23. The Morgan fingerprint density at radius 1 is 1.17 bits per heavy atom. The summed E-state index contributed by atoms with van der Waals surface area (Å²) in [5.74, 6) is -0.728. The summed E-state index contributed by atoms with van der Waals surface area (Å²) in [6, 6.07) is 14.0. The van der Waals surface area contributed by atoms with Crippen molar-refractivity contribution in [1.29, 1.82) is 10.5 Å². The summed E-state index contributed by atoms with van der Waals surface area (Å²) in [7, 11) is 0. The average molecular weight is 417 g/mol. The van der Waals surface area contributed by atoms with Crippen LogP contribution >= 0.6 is 11.3 Å². The third-order valence-corrected chi connectivity index (χ3v) is 6.36. The highest BCUT2D eigenvalue weighted by molar-refractivity contribution is 7.15. The van der Waals surface area contributed by atoms with Gasteiger partial charge < -0.3 is 5.73 Å². The molecule has 0 radical (unpaired) electrons. The van der Waals surface area contributed by atoms with Gasteiger partial charge in [0.1, 0.15) is 11.9 Å². The van der Waals surface area contributed by atoms with Gasteiger partial charge >= 0.3 is 5.00 Å². The van der Waals surface area contributed by atoms with Crippen molar-refractivity contribution in [2.75, 3.05) is 4.90 Å². The highest BCUT2D eigenvalue weighted by atomic mass is 32.1. The first-order valence-electron chi connectivity index (χ1n) is 9.17. The zero-order valence-corrected chi connectivity index (χ0v) is 16.5. The van der Waals surface area contributed by atoms with E-state index >= 15 is 0 Å². The van der Waals surface area contributed by atoms with Crippen LogP contribution in [-0.2, 0) is 4.79 Å². The molecule has 8 nitrogen and oxygen atoms in total. The molecule has 0 spiro atoms. The van der Waals surface area contributed by atoms with Gasteiger partial charge in [0.15, 0.2) is 5.78 Å². The fourth-order valence-electron chi connectivity index (χ4n) is 4.00. The second kappa shape index (κ2) is 7.47. The smallest absolute Gasteiger partial charge is 0.324 e. The summed E-state index contributed by atoms with van der Waals surface area (Å²) >= 11 is 0.934. The molecular formula is C21H15N5O3S. The van der Waals surface area contributed by atoms with Gasteiger partial charge in [-0.25, -0.2) is 0 Å². The Hall–Kier alpha value is -3.95. The van der Waals surface area contributed by atoms with Gasteiger partial charge in [0, 0.05) is 28.6 Å². The van der Waals surface area contributed by atoms with Crippen LogP contribution in [0, 0.1) is 32.8 Å². The van der Waals surface area contributed by atoms with Gasteiger partial charge in [0.25, 0.3) is 0 Å². The second-order valence-electron chi connectivity index (χ2n) is 6.88. The molecule has 4 rings (SSSR count). The van der Waals surface area contributed by atoms with E-state index in [0.29, 0.717) is 46.7 Å². The summed E-state index contributed by atoms with van der Waals surface area (Å²) in [6.07, 6.45) is 1.49. The Bertz CT molecular complexity index is 1230. The highest BCUT2D eigenvalue weighted by Gasteiger charge is 2.41. The number of anilines is 1. The predicted octanol–water partition coefficient (Wildman–Crippen LogP) is 3.83. The molecule has 0 fully saturated rings. The maximum Gasteiger partial charge on any atom is 0.324 e. The maximum atomic E-state index is 13.0. The molecule has 1 atom stereocenters. The van der Waals surface area contributed by atoms with Crippen LogP contribution in [0.15, 0.2) is 59.1 Å². The number of ketones is 1. The zero-order valence-electron chi connectivity index (χ0n) is 15.7. The Balaban J connectivity index is 1.98. The number of hydrogen-bond donors (Lipinski definition) is 1. The fraction of sp³-hybridized carbons (Fsp3) is 0.190. The molecule has 2 heterocycles. The lowest BCUT2D eigenvalue weighted by atomic mass is 9.78. The zero-order chi connectivity index (χ0) is 21.4. The first-order valence-corrected chi connectivity index (χ1v) is 9.99. The minimum absolute atomic E-state index is 0.0662. The van der Waals surface area contributed by atoms with Crippen LogP contribution in [0.25, 0.3) is 0 Å². The van der Waals surface area contributed by atoms with E-state index in [-0.39, 0.29) is 22.2 Å². The van der Waals surface area contributed by atoms with Crippen LogP contribution in [0.4, 0.5) is 10.7 Å². The fourth-order valence-corrected chi connectivity index (χ4v) is 4.95. The molecule has 2 N–H and O–H groups in total. The molecule has 1 aromatic heterocycles. The number of nitro groups is 1. The molecule has 1 aromatic carbocycles. The van der Waals surface area contributed by atoms with Crippen molar-refractivity contribution < 1.29 is 9.72 Å². The SMILES string of the molecule is N#CC1=C(N)N(c2ccccc2C#N)C2=C(C(=O)CCC2)[C@H]1c1ccc([N+](=O)[O-])s1. The van der Waals surface area contributed by atoms with Crippen LogP contribution in [0.2, 0.25) is 0 Å². The van der Waals surface area contributed by atoms with E-state index in [2.05, 4.69) is 12.1 Å². The first-order chi connectivity index (χ1) is 14.5. The molecule has 2 aliphatic rings. The molecular weight excluding hydrogens is 402 g/mol. The van der Waals surface area contributed by atoms with Crippen molar-refractivity contribution in [2.24, 2.45) is 5.73 Å².